The molecule has 0 nitrogen and oxygen atoms in total. The normalized spacial score (nSPS) is 10.5. The van der Waals surface area contributed by atoms with Crippen LogP contribution in [0.1, 0.15) is 38.2 Å². The minimum Gasteiger partial charge on any atom is -0.0676 e. The van der Waals surface area contributed by atoms with Gasteiger partial charge in [-0.05, 0) is 18.4 Å². The molecule has 0 saturated heterocycles. The van der Waals surface area contributed by atoms with Gasteiger partial charge in [0.25, 0.3) is 0 Å². The maximum Gasteiger partial charge on any atom is 0.0388 e. The first-order valence-corrected chi connectivity index (χ1v) is 6.39. The molecule has 0 amide bonds. The van der Waals surface area contributed by atoms with E-state index in [1.165, 1.54) is 42.3 Å². The number of hydrogen-bond acceptors (Lipinski definition) is 0. The number of rotatable bonds is 5. The Kier molecular flexibility index (Phi) is 4.84. The molecular formula is C12H20Si. The highest BCUT2D eigenvalue weighted by Crippen LogP contribution is 2.05. The van der Waals surface area contributed by atoms with E-state index in [1.807, 2.05) is 0 Å². The molecule has 0 fully saturated rings. The monoisotopic (exact) mass is 192 g/mol. The van der Waals surface area contributed by atoms with Crippen LogP contribution < -0.4 is 5.19 Å². The summed E-state index contributed by atoms with van der Waals surface area (Å²) in [5.41, 5.74) is 1.59. The fourth-order valence-electron chi connectivity index (χ4n) is 1.63. The van der Waals surface area contributed by atoms with Crippen LogP contribution in [0.3, 0.4) is 0 Å². The Morgan fingerprint density at radius 1 is 1.08 bits per heavy atom. The van der Waals surface area contributed by atoms with Gasteiger partial charge in [0.2, 0.25) is 0 Å². The third-order valence-electron chi connectivity index (χ3n) is 2.56. The van der Waals surface area contributed by atoms with Crippen LogP contribution in [0.5, 0.6) is 0 Å². The van der Waals surface area contributed by atoms with Gasteiger partial charge in [0.1, 0.15) is 0 Å². The molecule has 0 aromatic heterocycles. The second kappa shape index (κ2) is 5.98. The van der Waals surface area contributed by atoms with Gasteiger partial charge < -0.3 is 0 Å². The first kappa shape index (κ1) is 10.5. The van der Waals surface area contributed by atoms with Gasteiger partial charge in [-0.2, -0.15) is 0 Å². The first-order valence-electron chi connectivity index (χ1n) is 5.39. The second-order valence-electron chi connectivity index (χ2n) is 3.74. The number of aryl methyl sites for hydroxylation is 1. The molecule has 72 valence electrons. The molecular weight excluding hydrogens is 172 g/mol. The van der Waals surface area contributed by atoms with Crippen LogP contribution in [0.4, 0.5) is 0 Å². The fourth-order valence-corrected chi connectivity index (χ4v) is 2.24. The van der Waals surface area contributed by atoms with Gasteiger partial charge in [-0.3, -0.25) is 0 Å². The molecule has 1 rings (SSSR count). The van der Waals surface area contributed by atoms with Crippen LogP contribution in [0.15, 0.2) is 24.3 Å². The number of benzene rings is 1. The van der Waals surface area contributed by atoms with Crippen molar-refractivity contribution in [1.29, 1.82) is 0 Å². The van der Waals surface area contributed by atoms with Gasteiger partial charge in [0, 0.05) is 10.2 Å². The lowest BCUT2D eigenvalue weighted by Gasteiger charge is -2.04. The van der Waals surface area contributed by atoms with Crippen LogP contribution in [0.2, 0.25) is 0 Å². The molecule has 0 heterocycles. The van der Waals surface area contributed by atoms with E-state index in [-0.39, 0.29) is 0 Å². The zero-order valence-corrected chi connectivity index (χ0v) is 10.8. The summed E-state index contributed by atoms with van der Waals surface area (Å²) in [7, 11) is 1.19. The summed E-state index contributed by atoms with van der Waals surface area (Å²) < 4.78 is 0. The first-order chi connectivity index (χ1) is 6.34. The van der Waals surface area contributed by atoms with E-state index in [0.717, 1.165) is 0 Å². The van der Waals surface area contributed by atoms with Crippen LogP contribution in [-0.4, -0.2) is 10.2 Å². The van der Waals surface area contributed by atoms with E-state index in [4.69, 9.17) is 0 Å². The van der Waals surface area contributed by atoms with E-state index in [1.54, 1.807) is 10.8 Å². The smallest absolute Gasteiger partial charge is 0.0388 e. The second-order valence-corrected chi connectivity index (χ2v) is 4.81. The molecule has 0 aliphatic carbocycles. The molecule has 0 aliphatic rings. The summed E-state index contributed by atoms with van der Waals surface area (Å²) in [5.74, 6) is 0. The predicted octanol–water partition coefficient (Wildman–Crippen LogP) is 1.80. The van der Waals surface area contributed by atoms with Crippen molar-refractivity contribution >= 4 is 15.4 Å². The van der Waals surface area contributed by atoms with Crippen molar-refractivity contribution in [3.63, 3.8) is 0 Å². The van der Waals surface area contributed by atoms with Gasteiger partial charge in [-0.15, -0.1) is 0 Å². The Bertz CT molecular complexity index is 243. The van der Waals surface area contributed by atoms with E-state index in [0.29, 0.717) is 0 Å². The predicted molar refractivity (Wildman–Crippen MR) is 63.9 cm³/mol. The third-order valence-corrected chi connectivity index (χ3v) is 3.54. The van der Waals surface area contributed by atoms with Gasteiger partial charge in [0.05, 0.1) is 0 Å². The lowest BCUT2D eigenvalue weighted by atomic mass is 10.1. The highest BCUT2D eigenvalue weighted by atomic mass is 28.1. The fraction of sp³-hybridized carbons (Fsp3) is 0.500. The maximum absolute atomic E-state index is 2.29. The van der Waals surface area contributed by atoms with Gasteiger partial charge in [-0.1, -0.05) is 55.6 Å². The molecule has 0 spiro atoms. The quantitative estimate of drug-likeness (QED) is 0.493. The summed E-state index contributed by atoms with van der Waals surface area (Å²) in [6.07, 6.45) is 6.78. The summed E-state index contributed by atoms with van der Waals surface area (Å²) in [6, 6.07) is 8.87. The molecule has 1 aromatic carbocycles. The molecule has 0 saturated carbocycles. The summed E-state index contributed by atoms with van der Waals surface area (Å²) in [5, 5.41) is 1.58. The van der Waals surface area contributed by atoms with Crippen molar-refractivity contribution in [2.75, 3.05) is 0 Å². The zero-order valence-electron chi connectivity index (χ0n) is 8.84. The van der Waals surface area contributed by atoms with Gasteiger partial charge in [0.15, 0.2) is 0 Å². The summed E-state index contributed by atoms with van der Waals surface area (Å²) in [6.45, 7) is 2.26. The molecule has 1 aromatic rings. The minimum atomic E-state index is 1.19. The maximum atomic E-state index is 2.29. The largest absolute Gasteiger partial charge is 0.0676 e. The average molecular weight is 192 g/mol. The zero-order chi connectivity index (χ0) is 9.52. The summed E-state index contributed by atoms with van der Waals surface area (Å²) >= 11 is 0. The lowest BCUT2D eigenvalue weighted by Crippen LogP contribution is -2.09. The van der Waals surface area contributed by atoms with Crippen LogP contribution in [0, 0.1) is 0 Å². The topological polar surface area (TPSA) is 0 Å². The molecule has 13 heavy (non-hydrogen) atoms. The number of unbranched alkanes of at least 4 members (excludes halogenated alkanes) is 3. The van der Waals surface area contributed by atoms with E-state index in [2.05, 4.69) is 31.2 Å². The Hall–Kier alpha value is -0.563. The molecule has 0 radical (unpaired) electrons. The molecule has 1 heteroatoms. The lowest BCUT2D eigenvalue weighted by molar-refractivity contribution is 0.668. The Morgan fingerprint density at radius 3 is 2.54 bits per heavy atom. The molecule has 0 unspecified atom stereocenters. The van der Waals surface area contributed by atoms with Crippen LogP contribution in [0.25, 0.3) is 0 Å². The molecule has 0 bridgehead atoms. The van der Waals surface area contributed by atoms with Crippen molar-refractivity contribution in [3.05, 3.63) is 29.8 Å². The molecule has 0 atom stereocenters. The van der Waals surface area contributed by atoms with Crippen molar-refractivity contribution in [2.45, 2.75) is 39.0 Å². The van der Waals surface area contributed by atoms with Crippen molar-refractivity contribution in [2.24, 2.45) is 0 Å². The molecule has 0 N–H and O–H groups in total. The van der Waals surface area contributed by atoms with Crippen molar-refractivity contribution < 1.29 is 0 Å². The van der Waals surface area contributed by atoms with Crippen LogP contribution >= 0.6 is 0 Å². The summed E-state index contributed by atoms with van der Waals surface area (Å²) in [4.78, 5) is 0. The molecule has 0 aliphatic heterocycles. The highest BCUT2D eigenvalue weighted by molar-refractivity contribution is 6.33. The Labute approximate surface area is 84.8 Å². The standard InChI is InChI=1S/C12H20Si/c1-2-3-4-5-8-11-9-6-7-10-12(11)13/h6-7,9-10H,2-5,8H2,1,13H3. The van der Waals surface area contributed by atoms with E-state index >= 15 is 0 Å². The Balaban J connectivity index is 2.32. The number of hydrogen-bond donors (Lipinski definition) is 0. The van der Waals surface area contributed by atoms with E-state index < -0.39 is 0 Å². The highest BCUT2D eigenvalue weighted by Gasteiger charge is 1.95. The average Bonchev–Trinajstić information content (AvgIpc) is 2.15. The van der Waals surface area contributed by atoms with E-state index in [9.17, 15) is 0 Å². The van der Waals surface area contributed by atoms with Crippen molar-refractivity contribution in [1.82, 2.24) is 0 Å². The SMILES string of the molecule is CCCCCCc1ccccc1[SiH3]. The minimum absolute atomic E-state index is 1.19. The third kappa shape index (κ3) is 3.77. The van der Waals surface area contributed by atoms with Crippen LogP contribution in [-0.2, 0) is 6.42 Å². The van der Waals surface area contributed by atoms with Gasteiger partial charge >= 0.3 is 0 Å². The van der Waals surface area contributed by atoms with Crippen molar-refractivity contribution in [3.8, 4) is 0 Å². The Morgan fingerprint density at radius 2 is 1.85 bits per heavy atom. The van der Waals surface area contributed by atoms with Gasteiger partial charge in [-0.25, -0.2) is 0 Å².